The molecule has 30 heavy (non-hydrogen) atoms. The molecule has 1 N–H and O–H groups in total. The highest BCUT2D eigenvalue weighted by atomic mass is 35.5. The van der Waals surface area contributed by atoms with Crippen LogP contribution in [0.5, 0.6) is 0 Å². The third-order valence-corrected chi connectivity index (χ3v) is 7.20. The zero-order chi connectivity index (χ0) is 21.0. The number of hydrogen-bond donors (Lipinski definition) is 1. The smallest absolute Gasteiger partial charge is 0.106 e. The van der Waals surface area contributed by atoms with Crippen LogP contribution in [0.2, 0.25) is 0 Å². The van der Waals surface area contributed by atoms with Crippen LogP contribution in [0.25, 0.3) is 0 Å². The van der Waals surface area contributed by atoms with Gasteiger partial charge in [0, 0.05) is 34.5 Å². The number of fused-ring (bicyclic) bond motifs is 2. The minimum absolute atomic E-state index is 0. The lowest BCUT2D eigenvalue weighted by atomic mass is 10.1. The maximum Gasteiger partial charge on any atom is 0.106 e. The molecule has 1 aliphatic heterocycles. The number of halogens is 1. The van der Waals surface area contributed by atoms with E-state index in [1.165, 1.54) is 21.2 Å². The molecular formula is C24H34ClN3S2. The Morgan fingerprint density at radius 3 is 2.50 bits per heavy atom. The van der Waals surface area contributed by atoms with Crippen molar-refractivity contribution in [3.05, 3.63) is 48.0 Å². The van der Waals surface area contributed by atoms with Crippen molar-refractivity contribution in [3.63, 3.8) is 0 Å². The molecule has 0 saturated heterocycles. The van der Waals surface area contributed by atoms with E-state index >= 15 is 0 Å². The molecule has 164 valence electrons. The van der Waals surface area contributed by atoms with Gasteiger partial charge in [0.2, 0.25) is 0 Å². The molecule has 1 heterocycles. The number of thiocarbonyl (C=S) groups is 1. The first kappa shape index (κ1) is 25.0. The molecule has 0 amide bonds. The average Bonchev–Trinajstić information content (AvgIpc) is 2.74. The number of nitrogens with zero attached hydrogens (tertiary/aromatic N) is 2. The number of nitrogens with one attached hydrogen (secondary N) is 1. The van der Waals surface area contributed by atoms with E-state index in [2.05, 4.69) is 92.3 Å². The lowest BCUT2D eigenvalue weighted by molar-refractivity contribution is 0.332. The average molecular weight is 464 g/mol. The van der Waals surface area contributed by atoms with Crippen LogP contribution in [0.3, 0.4) is 0 Å². The number of anilines is 2. The van der Waals surface area contributed by atoms with Crippen LogP contribution in [0, 0.1) is 5.92 Å². The van der Waals surface area contributed by atoms with Gasteiger partial charge in [0.25, 0.3) is 0 Å². The predicted octanol–water partition coefficient (Wildman–Crippen LogP) is 6.36. The molecule has 2 aromatic rings. The number of para-hydroxylation sites is 1. The Hall–Kier alpha value is -1.27. The standard InChI is InChI=1S/C24H33N3S2.ClH/c1-6-17(3)15-25-24(28)19-12-13-23-21(14-19)27(18(4)16-26(5)7-2)20-10-8-9-11-22(20)29-23;/h8-14,17-18H,6-7,15-16H2,1-5H3,(H,25,28);1H. The van der Waals surface area contributed by atoms with E-state index in [1.54, 1.807) is 0 Å². The molecular weight excluding hydrogens is 430 g/mol. The van der Waals surface area contributed by atoms with Crippen LogP contribution in [-0.4, -0.2) is 42.6 Å². The summed E-state index contributed by atoms with van der Waals surface area (Å²) in [4.78, 5) is 8.32. The lowest BCUT2D eigenvalue weighted by Gasteiger charge is -2.39. The van der Waals surface area contributed by atoms with Crippen molar-refractivity contribution in [3.8, 4) is 0 Å². The molecule has 2 aromatic carbocycles. The van der Waals surface area contributed by atoms with Crippen molar-refractivity contribution in [1.29, 1.82) is 0 Å². The van der Waals surface area contributed by atoms with Crippen molar-refractivity contribution in [2.24, 2.45) is 5.92 Å². The lowest BCUT2D eigenvalue weighted by Crippen LogP contribution is -2.39. The highest BCUT2D eigenvalue weighted by Gasteiger charge is 2.28. The van der Waals surface area contributed by atoms with Gasteiger partial charge in [-0.25, -0.2) is 0 Å². The molecule has 0 spiro atoms. The van der Waals surface area contributed by atoms with Crippen LogP contribution in [0.15, 0.2) is 52.3 Å². The normalized spacial score (nSPS) is 14.4. The molecule has 2 atom stereocenters. The summed E-state index contributed by atoms with van der Waals surface area (Å²) in [7, 11) is 2.19. The van der Waals surface area contributed by atoms with Gasteiger partial charge >= 0.3 is 0 Å². The molecule has 1 aliphatic rings. The fourth-order valence-corrected chi connectivity index (χ4v) is 4.84. The topological polar surface area (TPSA) is 18.5 Å². The Bertz CT molecular complexity index is 858. The van der Waals surface area contributed by atoms with E-state index in [0.717, 1.165) is 36.6 Å². The van der Waals surface area contributed by atoms with Gasteiger partial charge in [-0.2, -0.15) is 0 Å². The van der Waals surface area contributed by atoms with Crippen LogP contribution >= 0.6 is 36.4 Å². The molecule has 0 fully saturated rings. The largest absolute Gasteiger partial charge is 0.376 e. The van der Waals surface area contributed by atoms with Crippen LogP contribution in [0.1, 0.15) is 39.7 Å². The van der Waals surface area contributed by atoms with Gasteiger partial charge in [-0.15, -0.1) is 12.4 Å². The molecule has 0 radical (unpaired) electrons. The summed E-state index contributed by atoms with van der Waals surface area (Å²) in [6, 6.07) is 15.7. The summed E-state index contributed by atoms with van der Waals surface area (Å²) in [5, 5.41) is 3.46. The summed E-state index contributed by atoms with van der Waals surface area (Å²) in [5.74, 6) is 0.620. The van der Waals surface area contributed by atoms with Crippen molar-refractivity contribution >= 4 is 52.8 Å². The highest BCUT2D eigenvalue weighted by Crippen LogP contribution is 2.49. The second-order valence-corrected chi connectivity index (χ2v) is 9.54. The summed E-state index contributed by atoms with van der Waals surface area (Å²) >= 11 is 7.57. The second-order valence-electron chi connectivity index (χ2n) is 8.05. The second kappa shape index (κ2) is 11.4. The Morgan fingerprint density at radius 1 is 1.10 bits per heavy atom. The third kappa shape index (κ3) is 5.70. The van der Waals surface area contributed by atoms with Crippen LogP contribution in [-0.2, 0) is 0 Å². The molecule has 3 nitrogen and oxygen atoms in total. The first-order valence-corrected chi connectivity index (χ1v) is 11.8. The van der Waals surface area contributed by atoms with E-state index in [9.17, 15) is 0 Å². The van der Waals surface area contributed by atoms with Gasteiger partial charge in [-0.3, -0.25) is 0 Å². The summed E-state index contributed by atoms with van der Waals surface area (Å²) in [6.07, 6.45) is 1.16. The zero-order valence-corrected chi connectivity index (χ0v) is 21.1. The maximum absolute atomic E-state index is 5.72. The van der Waals surface area contributed by atoms with E-state index in [-0.39, 0.29) is 12.4 Å². The van der Waals surface area contributed by atoms with Crippen molar-refractivity contribution in [2.45, 2.75) is 49.9 Å². The Kier molecular flexibility index (Phi) is 9.48. The summed E-state index contributed by atoms with van der Waals surface area (Å²) in [6.45, 7) is 12.0. The highest BCUT2D eigenvalue weighted by molar-refractivity contribution is 7.99. The maximum atomic E-state index is 5.72. The summed E-state index contributed by atoms with van der Waals surface area (Å²) in [5.41, 5.74) is 3.65. The van der Waals surface area contributed by atoms with Crippen LogP contribution in [0.4, 0.5) is 11.4 Å². The van der Waals surface area contributed by atoms with E-state index < -0.39 is 0 Å². The Labute approximate surface area is 198 Å². The van der Waals surface area contributed by atoms with Gasteiger partial charge in [0.15, 0.2) is 0 Å². The molecule has 3 rings (SSSR count). The van der Waals surface area contributed by atoms with Gasteiger partial charge in [0.05, 0.1) is 11.4 Å². The van der Waals surface area contributed by atoms with E-state index in [1.807, 2.05) is 11.8 Å². The van der Waals surface area contributed by atoms with E-state index in [4.69, 9.17) is 12.2 Å². The molecule has 0 saturated carbocycles. The van der Waals surface area contributed by atoms with Gasteiger partial charge < -0.3 is 15.1 Å². The molecule has 0 aromatic heterocycles. The molecule has 0 bridgehead atoms. The fraction of sp³-hybridized carbons (Fsp3) is 0.458. The van der Waals surface area contributed by atoms with Crippen molar-refractivity contribution < 1.29 is 0 Å². The number of likely N-dealkylation sites (N-methyl/N-ethyl adjacent to an activating group) is 1. The van der Waals surface area contributed by atoms with Crippen molar-refractivity contribution in [1.82, 2.24) is 10.2 Å². The van der Waals surface area contributed by atoms with Crippen molar-refractivity contribution in [2.75, 3.05) is 31.6 Å². The number of hydrogen-bond acceptors (Lipinski definition) is 4. The molecule has 6 heteroatoms. The summed E-state index contributed by atoms with van der Waals surface area (Å²) < 4.78 is 0. The fourth-order valence-electron chi connectivity index (χ4n) is 3.57. The van der Waals surface area contributed by atoms with Gasteiger partial charge in [-0.1, -0.05) is 69.4 Å². The first-order valence-electron chi connectivity index (χ1n) is 10.6. The molecule has 0 aliphatic carbocycles. The van der Waals surface area contributed by atoms with Crippen LogP contribution < -0.4 is 10.2 Å². The minimum atomic E-state index is 0. The quantitative estimate of drug-likeness (QED) is 0.457. The number of rotatable bonds is 8. The van der Waals surface area contributed by atoms with E-state index in [0.29, 0.717) is 12.0 Å². The molecule has 2 unspecified atom stereocenters. The Balaban J connectivity index is 0.00000320. The third-order valence-electron chi connectivity index (χ3n) is 5.69. The Morgan fingerprint density at radius 2 is 1.80 bits per heavy atom. The monoisotopic (exact) mass is 463 g/mol. The predicted molar refractivity (Wildman–Crippen MR) is 138 cm³/mol. The number of benzene rings is 2. The van der Waals surface area contributed by atoms with Gasteiger partial charge in [0.1, 0.15) is 4.99 Å². The van der Waals surface area contributed by atoms with Gasteiger partial charge in [-0.05, 0) is 50.7 Å². The SMILES string of the molecule is CCC(C)CNC(=S)c1ccc2c(c1)N(C(C)CN(C)CC)c1ccccc1S2.Cl. The minimum Gasteiger partial charge on any atom is -0.376 e. The first-order chi connectivity index (χ1) is 13.9. The zero-order valence-electron chi connectivity index (χ0n) is 18.6.